The van der Waals surface area contributed by atoms with Gasteiger partial charge in [-0.1, -0.05) is 0 Å². The molecule has 0 saturated carbocycles. The summed E-state index contributed by atoms with van der Waals surface area (Å²) in [6, 6.07) is 0. The summed E-state index contributed by atoms with van der Waals surface area (Å²) in [5.74, 6) is 0.427. The van der Waals surface area contributed by atoms with Gasteiger partial charge in [0.1, 0.15) is 11.8 Å². The SMILES string of the molecule is Nc1ncnc2c1ncn2CC1CCCO1. The quantitative estimate of drug-likeness (QED) is 0.799. The minimum Gasteiger partial charge on any atom is -0.382 e. The Morgan fingerprint density at radius 3 is 3.19 bits per heavy atom. The Kier molecular flexibility index (Phi) is 2.21. The van der Waals surface area contributed by atoms with Gasteiger partial charge in [-0.05, 0) is 12.8 Å². The van der Waals surface area contributed by atoms with E-state index in [-0.39, 0.29) is 6.10 Å². The van der Waals surface area contributed by atoms with Crippen molar-refractivity contribution in [2.24, 2.45) is 0 Å². The highest BCUT2D eigenvalue weighted by Crippen LogP contribution is 2.18. The van der Waals surface area contributed by atoms with Crippen LogP contribution in [0.2, 0.25) is 0 Å². The van der Waals surface area contributed by atoms with Gasteiger partial charge in [-0.15, -0.1) is 0 Å². The van der Waals surface area contributed by atoms with Crippen molar-refractivity contribution in [2.75, 3.05) is 12.3 Å². The zero-order valence-electron chi connectivity index (χ0n) is 8.83. The van der Waals surface area contributed by atoms with E-state index in [2.05, 4.69) is 15.0 Å². The van der Waals surface area contributed by atoms with Crippen LogP contribution in [0, 0.1) is 0 Å². The summed E-state index contributed by atoms with van der Waals surface area (Å²) in [7, 11) is 0. The fourth-order valence-electron chi connectivity index (χ4n) is 2.04. The van der Waals surface area contributed by atoms with Gasteiger partial charge in [-0.3, -0.25) is 0 Å². The van der Waals surface area contributed by atoms with Crippen LogP contribution in [0.25, 0.3) is 11.2 Å². The first kappa shape index (κ1) is 9.53. The third-order valence-electron chi connectivity index (χ3n) is 2.85. The van der Waals surface area contributed by atoms with Gasteiger partial charge in [0.15, 0.2) is 11.5 Å². The van der Waals surface area contributed by atoms with E-state index in [4.69, 9.17) is 10.5 Å². The molecule has 3 heterocycles. The summed E-state index contributed by atoms with van der Waals surface area (Å²) in [5, 5.41) is 0. The van der Waals surface area contributed by atoms with Crippen LogP contribution < -0.4 is 5.73 Å². The topological polar surface area (TPSA) is 78.9 Å². The zero-order chi connectivity index (χ0) is 11.0. The normalized spacial score (nSPS) is 20.6. The Hall–Kier alpha value is -1.69. The molecule has 1 fully saturated rings. The van der Waals surface area contributed by atoms with Gasteiger partial charge in [0.25, 0.3) is 0 Å². The number of nitrogens with two attached hydrogens (primary N) is 1. The molecule has 1 atom stereocenters. The number of fused-ring (bicyclic) bond motifs is 1. The van der Waals surface area contributed by atoms with Crippen LogP contribution in [0.5, 0.6) is 0 Å². The molecule has 1 aliphatic rings. The number of hydrogen-bond acceptors (Lipinski definition) is 5. The van der Waals surface area contributed by atoms with Crippen LogP contribution in [0.3, 0.4) is 0 Å². The molecule has 3 rings (SSSR count). The second-order valence-corrected chi connectivity index (χ2v) is 3.96. The molecule has 1 unspecified atom stereocenters. The van der Waals surface area contributed by atoms with Crippen molar-refractivity contribution in [3.8, 4) is 0 Å². The predicted octanol–water partition coefficient (Wildman–Crippen LogP) is 0.587. The summed E-state index contributed by atoms with van der Waals surface area (Å²) >= 11 is 0. The van der Waals surface area contributed by atoms with E-state index in [1.807, 2.05) is 4.57 Å². The van der Waals surface area contributed by atoms with Crippen molar-refractivity contribution >= 4 is 17.0 Å². The average molecular weight is 219 g/mol. The van der Waals surface area contributed by atoms with Crippen LogP contribution in [0.1, 0.15) is 12.8 Å². The van der Waals surface area contributed by atoms with Gasteiger partial charge in [0, 0.05) is 6.61 Å². The second-order valence-electron chi connectivity index (χ2n) is 3.96. The van der Waals surface area contributed by atoms with Crippen molar-refractivity contribution in [2.45, 2.75) is 25.5 Å². The minimum atomic E-state index is 0.272. The number of nitrogen functional groups attached to an aromatic ring is 1. The molecule has 0 aliphatic carbocycles. The molecule has 84 valence electrons. The van der Waals surface area contributed by atoms with E-state index in [0.29, 0.717) is 11.3 Å². The molecule has 0 spiro atoms. The number of ether oxygens (including phenoxy) is 1. The highest BCUT2D eigenvalue weighted by atomic mass is 16.5. The Labute approximate surface area is 92.5 Å². The van der Waals surface area contributed by atoms with E-state index in [1.54, 1.807) is 6.33 Å². The lowest BCUT2D eigenvalue weighted by Crippen LogP contribution is -2.14. The van der Waals surface area contributed by atoms with E-state index >= 15 is 0 Å². The van der Waals surface area contributed by atoms with Crippen LogP contribution in [0.4, 0.5) is 5.82 Å². The predicted molar refractivity (Wildman–Crippen MR) is 58.7 cm³/mol. The molecule has 2 aromatic rings. The van der Waals surface area contributed by atoms with Crippen molar-refractivity contribution in [1.29, 1.82) is 0 Å². The number of anilines is 1. The maximum atomic E-state index is 5.72. The molecular formula is C10H13N5O. The van der Waals surface area contributed by atoms with Gasteiger partial charge in [-0.25, -0.2) is 15.0 Å². The first-order valence-electron chi connectivity index (χ1n) is 5.37. The molecule has 0 bridgehead atoms. The number of imidazole rings is 1. The fourth-order valence-corrected chi connectivity index (χ4v) is 2.04. The van der Waals surface area contributed by atoms with E-state index in [0.717, 1.165) is 31.6 Å². The summed E-state index contributed by atoms with van der Waals surface area (Å²) in [4.78, 5) is 12.3. The zero-order valence-corrected chi connectivity index (χ0v) is 8.83. The molecule has 6 nitrogen and oxygen atoms in total. The lowest BCUT2D eigenvalue weighted by molar-refractivity contribution is 0.0978. The Morgan fingerprint density at radius 1 is 1.44 bits per heavy atom. The standard InChI is InChI=1S/C10H13N5O/c11-9-8-10(13-5-12-9)15(6-14-8)4-7-2-1-3-16-7/h5-7H,1-4H2,(H2,11,12,13). The molecule has 2 aromatic heterocycles. The molecule has 6 heteroatoms. The summed E-state index contributed by atoms with van der Waals surface area (Å²) in [5.41, 5.74) is 7.17. The Bertz CT molecular complexity index is 503. The number of rotatable bonds is 2. The van der Waals surface area contributed by atoms with Gasteiger partial charge in [0.05, 0.1) is 19.0 Å². The first-order chi connectivity index (χ1) is 7.84. The molecule has 1 saturated heterocycles. The summed E-state index contributed by atoms with van der Waals surface area (Å²) < 4.78 is 7.56. The van der Waals surface area contributed by atoms with Crippen molar-refractivity contribution in [3.63, 3.8) is 0 Å². The van der Waals surface area contributed by atoms with Gasteiger partial charge in [0.2, 0.25) is 0 Å². The molecular weight excluding hydrogens is 206 g/mol. The van der Waals surface area contributed by atoms with Crippen LogP contribution in [-0.2, 0) is 11.3 Å². The highest BCUT2D eigenvalue weighted by molar-refractivity contribution is 5.81. The number of hydrogen-bond donors (Lipinski definition) is 1. The maximum Gasteiger partial charge on any atom is 0.165 e. The molecule has 0 aromatic carbocycles. The molecule has 1 aliphatic heterocycles. The Morgan fingerprint density at radius 2 is 2.38 bits per heavy atom. The van der Waals surface area contributed by atoms with Gasteiger partial charge in [-0.2, -0.15) is 0 Å². The number of nitrogens with zero attached hydrogens (tertiary/aromatic N) is 4. The lowest BCUT2D eigenvalue weighted by Gasteiger charge is -2.09. The van der Waals surface area contributed by atoms with Crippen LogP contribution in [0.15, 0.2) is 12.7 Å². The summed E-state index contributed by atoms with van der Waals surface area (Å²) in [6.45, 7) is 1.64. The van der Waals surface area contributed by atoms with Gasteiger partial charge < -0.3 is 15.0 Å². The van der Waals surface area contributed by atoms with Crippen molar-refractivity contribution < 1.29 is 4.74 Å². The molecule has 0 amide bonds. The monoisotopic (exact) mass is 219 g/mol. The average Bonchev–Trinajstić information content (AvgIpc) is 2.90. The van der Waals surface area contributed by atoms with Crippen LogP contribution >= 0.6 is 0 Å². The van der Waals surface area contributed by atoms with Crippen molar-refractivity contribution in [3.05, 3.63) is 12.7 Å². The first-order valence-corrected chi connectivity index (χ1v) is 5.37. The van der Waals surface area contributed by atoms with Crippen LogP contribution in [-0.4, -0.2) is 32.2 Å². The molecule has 16 heavy (non-hydrogen) atoms. The van der Waals surface area contributed by atoms with E-state index in [1.165, 1.54) is 6.33 Å². The third kappa shape index (κ3) is 1.51. The lowest BCUT2D eigenvalue weighted by atomic mass is 10.2. The van der Waals surface area contributed by atoms with Gasteiger partial charge >= 0.3 is 0 Å². The number of aromatic nitrogens is 4. The Balaban J connectivity index is 1.94. The second kappa shape index (κ2) is 3.71. The van der Waals surface area contributed by atoms with Crippen molar-refractivity contribution in [1.82, 2.24) is 19.5 Å². The smallest absolute Gasteiger partial charge is 0.165 e. The fraction of sp³-hybridized carbons (Fsp3) is 0.500. The maximum absolute atomic E-state index is 5.72. The summed E-state index contributed by atoms with van der Waals surface area (Å²) in [6.07, 6.45) is 5.71. The van der Waals surface area contributed by atoms with E-state index < -0.39 is 0 Å². The molecule has 0 radical (unpaired) electrons. The third-order valence-corrected chi connectivity index (χ3v) is 2.85. The van der Waals surface area contributed by atoms with E-state index in [9.17, 15) is 0 Å². The highest BCUT2D eigenvalue weighted by Gasteiger charge is 2.17. The molecule has 2 N–H and O–H groups in total. The largest absolute Gasteiger partial charge is 0.382 e. The minimum absolute atomic E-state index is 0.272.